The van der Waals surface area contributed by atoms with Gasteiger partial charge in [0.25, 0.3) is 0 Å². The van der Waals surface area contributed by atoms with Gasteiger partial charge in [-0.15, -0.1) is 0 Å². The minimum atomic E-state index is 0.512. The summed E-state index contributed by atoms with van der Waals surface area (Å²) in [6.07, 6.45) is 2.58. The van der Waals surface area contributed by atoms with E-state index in [0.717, 1.165) is 41.5 Å². The molecular formula is C23H28N4O2. The molecule has 6 heteroatoms. The molecule has 3 rings (SSSR count). The van der Waals surface area contributed by atoms with E-state index in [-0.39, 0.29) is 0 Å². The second-order valence-corrected chi connectivity index (χ2v) is 7.03. The van der Waals surface area contributed by atoms with Gasteiger partial charge >= 0.3 is 0 Å². The van der Waals surface area contributed by atoms with E-state index in [1.54, 1.807) is 20.4 Å². The van der Waals surface area contributed by atoms with Gasteiger partial charge < -0.3 is 20.1 Å². The minimum absolute atomic E-state index is 0.512. The van der Waals surface area contributed by atoms with Crippen LogP contribution < -0.4 is 20.1 Å². The molecule has 2 N–H and O–H groups in total. The van der Waals surface area contributed by atoms with Gasteiger partial charge in [-0.1, -0.05) is 32.0 Å². The fourth-order valence-corrected chi connectivity index (χ4v) is 2.97. The summed E-state index contributed by atoms with van der Waals surface area (Å²) in [4.78, 5) is 8.85. The fraction of sp³-hybridized carbons (Fsp3) is 0.304. The number of hydrogen-bond donors (Lipinski definition) is 2. The Morgan fingerprint density at radius 3 is 2.38 bits per heavy atom. The molecule has 29 heavy (non-hydrogen) atoms. The van der Waals surface area contributed by atoms with Crippen molar-refractivity contribution in [3.8, 4) is 11.5 Å². The van der Waals surface area contributed by atoms with Gasteiger partial charge in [-0.3, -0.25) is 0 Å². The van der Waals surface area contributed by atoms with E-state index in [4.69, 9.17) is 9.47 Å². The highest BCUT2D eigenvalue weighted by molar-refractivity contribution is 5.55. The topological polar surface area (TPSA) is 68.3 Å². The molecule has 152 valence electrons. The summed E-state index contributed by atoms with van der Waals surface area (Å²) in [6.45, 7) is 5.11. The molecule has 0 bridgehead atoms. The van der Waals surface area contributed by atoms with Crippen molar-refractivity contribution in [2.75, 3.05) is 31.4 Å². The number of hydrogen-bond acceptors (Lipinski definition) is 6. The predicted molar refractivity (Wildman–Crippen MR) is 118 cm³/mol. The molecule has 0 saturated heterocycles. The zero-order valence-electron chi connectivity index (χ0n) is 17.4. The third-order valence-electron chi connectivity index (χ3n) is 4.66. The standard InChI is InChI=1S/C23H28N4O2/c1-16(2)18-6-8-19(9-7-18)26-23-25-14-12-22(27-23)24-13-11-17-5-10-20(28-3)21(15-17)29-4/h5-10,12,14-16H,11,13H2,1-4H3,(H2,24,25,26,27). The lowest BCUT2D eigenvalue weighted by molar-refractivity contribution is 0.354. The number of nitrogens with one attached hydrogen (secondary N) is 2. The number of rotatable bonds is 9. The first kappa shape index (κ1) is 20.5. The van der Waals surface area contributed by atoms with Crippen molar-refractivity contribution in [1.82, 2.24) is 9.97 Å². The van der Waals surface area contributed by atoms with Gasteiger partial charge in [-0.2, -0.15) is 4.98 Å². The molecule has 0 aliphatic heterocycles. The van der Waals surface area contributed by atoms with Crippen LogP contribution in [0, 0.1) is 0 Å². The molecular weight excluding hydrogens is 364 g/mol. The summed E-state index contributed by atoms with van der Waals surface area (Å²) < 4.78 is 10.6. The largest absolute Gasteiger partial charge is 0.493 e. The van der Waals surface area contributed by atoms with Gasteiger partial charge in [0.2, 0.25) is 5.95 Å². The van der Waals surface area contributed by atoms with Crippen LogP contribution in [0.1, 0.15) is 30.9 Å². The second kappa shape index (κ2) is 9.78. The summed E-state index contributed by atoms with van der Waals surface area (Å²) in [5.74, 6) is 3.33. The first-order valence-electron chi connectivity index (χ1n) is 9.74. The molecule has 0 atom stereocenters. The van der Waals surface area contributed by atoms with Gasteiger partial charge in [0.1, 0.15) is 5.82 Å². The molecule has 6 nitrogen and oxygen atoms in total. The summed E-state index contributed by atoms with van der Waals surface area (Å²) in [7, 11) is 3.28. The molecule has 3 aromatic rings. The van der Waals surface area contributed by atoms with Crippen molar-refractivity contribution < 1.29 is 9.47 Å². The number of aromatic nitrogens is 2. The molecule has 1 aromatic heterocycles. The third-order valence-corrected chi connectivity index (χ3v) is 4.66. The monoisotopic (exact) mass is 392 g/mol. The van der Waals surface area contributed by atoms with Crippen LogP contribution >= 0.6 is 0 Å². The SMILES string of the molecule is COc1ccc(CCNc2ccnc(Nc3ccc(C(C)C)cc3)n2)cc1OC. The summed E-state index contributed by atoms with van der Waals surface area (Å²) in [6, 6.07) is 16.2. The Hall–Kier alpha value is -3.28. The zero-order chi connectivity index (χ0) is 20.6. The highest BCUT2D eigenvalue weighted by atomic mass is 16.5. The van der Waals surface area contributed by atoms with E-state index in [0.29, 0.717) is 11.9 Å². The average molecular weight is 393 g/mol. The number of methoxy groups -OCH3 is 2. The van der Waals surface area contributed by atoms with E-state index in [1.807, 2.05) is 24.3 Å². The maximum absolute atomic E-state index is 5.36. The van der Waals surface area contributed by atoms with Crippen LogP contribution in [0.15, 0.2) is 54.7 Å². The zero-order valence-corrected chi connectivity index (χ0v) is 17.4. The van der Waals surface area contributed by atoms with E-state index >= 15 is 0 Å². The Labute approximate surface area is 172 Å². The first-order valence-corrected chi connectivity index (χ1v) is 9.74. The molecule has 0 radical (unpaired) electrons. The number of ether oxygens (including phenoxy) is 2. The van der Waals surface area contributed by atoms with Crippen LogP contribution in [0.5, 0.6) is 11.5 Å². The lowest BCUT2D eigenvalue weighted by Crippen LogP contribution is -2.08. The average Bonchev–Trinajstić information content (AvgIpc) is 2.74. The Balaban J connectivity index is 1.57. The molecule has 0 amide bonds. The Kier molecular flexibility index (Phi) is 6.89. The quantitative estimate of drug-likeness (QED) is 0.533. The van der Waals surface area contributed by atoms with E-state index < -0.39 is 0 Å². The number of nitrogens with zero attached hydrogens (tertiary/aromatic N) is 2. The first-order chi connectivity index (χ1) is 14.1. The maximum Gasteiger partial charge on any atom is 0.229 e. The molecule has 0 saturated carbocycles. The van der Waals surface area contributed by atoms with Crippen molar-refractivity contribution in [1.29, 1.82) is 0 Å². The van der Waals surface area contributed by atoms with Gasteiger partial charge in [0.05, 0.1) is 14.2 Å². The minimum Gasteiger partial charge on any atom is -0.493 e. The molecule has 1 heterocycles. The number of anilines is 3. The van der Waals surface area contributed by atoms with Crippen LogP contribution in [0.4, 0.5) is 17.5 Å². The Bertz CT molecular complexity index is 926. The van der Waals surface area contributed by atoms with Crippen LogP contribution in [-0.4, -0.2) is 30.7 Å². The Morgan fingerprint density at radius 2 is 1.69 bits per heavy atom. The third kappa shape index (κ3) is 5.60. The fourth-order valence-electron chi connectivity index (χ4n) is 2.97. The van der Waals surface area contributed by atoms with Crippen molar-refractivity contribution in [3.63, 3.8) is 0 Å². The van der Waals surface area contributed by atoms with Crippen molar-refractivity contribution in [2.24, 2.45) is 0 Å². The lowest BCUT2D eigenvalue weighted by Gasteiger charge is -2.11. The summed E-state index contributed by atoms with van der Waals surface area (Å²) in [5.41, 5.74) is 3.44. The van der Waals surface area contributed by atoms with Crippen LogP contribution in [0.25, 0.3) is 0 Å². The molecule has 0 fully saturated rings. The van der Waals surface area contributed by atoms with Gasteiger partial charge in [-0.25, -0.2) is 4.98 Å². The smallest absolute Gasteiger partial charge is 0.229 e. The van der Waals surface area contributed by atoms with Gasteiger partial charge in [0.15, 0.2) is 11.5 Å². The van der Waals surface area contributed by atoms with Crippen molar-refractivity contribution >= 4 is 17.5 Å². The Morgan fingerprint density at radius 1 is 0.931 bits per heavy atom. The van der Waals surface area contributed by atoms with E-state index in [9.17, 15) is 0 Å². The van der Waals surface area contributed by atoms with Crippen LogP contribution in [-0.2, 0) is 6.42 Å². The van der Waals surface area contributed by atoms with E-state index in [1.165, 1.54) is 5.56 Å². The highest BCUT2D eigenvalue weighted by Gasteiger charge is 2.05. The molecule has 0 aliphatic rings. The molecule has 0 unspecified atom stereocenters. The van der Waals surface area contributed by atoms with Crippen LogP contribution in [0.2, 0.25) is 0 Å². The van der Waals surface area contributed by atoms with Crippen LogP contribution in [0.3, 0.4) is 0 Å². The van der Waals surface area contributed by atoms with Gasteiger partial charge in [0, 0.05) is 18.4 Å². The molecule has 2 aromatic carbocycles. The summed E-state index contributed by atoms with van der Waals surface area (Å²) >= 11 is 0. The second-order valence-electron chi connectivity index (χ2n) is 7.03. The van der Waals surface area contributed by atoms with Gasteiger partial charge in [-0.05, 0) is 53.8 Å². The molecule has 0 spiro atoms. The summed E-state index contributed by atoms with van der Waals surface area (Å²) in [5, 5.41) is 6.60. The van der Waals surface area contributed by atoms with Crippen molar-refractivity contribution in [3.05, 3.63) is 65.9 Å². The lowest BCUT2D eigenvalue weighted by atomic mass is 10.0. The number of benzene rings is 2. The van der Waals surface area contributed by atoms with E-state index in [2.05, 4.69) is 58.7 Å². The normalized spacial score (nSPS) is 10.7. The highest BCUT2D eigenvalue weighted by Crippen LogP contribution is 2.27. The van der Waals surface area contributed by atoms with Crippen molar-refractivity contribution in [2.45, 2.75) is 26.2 Å². The predicted octanol–water partition coefficient (Wildman–Crippen LogP) is 5.02. The molecule has 0 aliphatic carbocycles. The maximum atomic E-state index is 5.36.